The molecule has 2 aromatic rings. The van der Waals surface area contributed by atoms with Gasteiger partial charge in [-0.05, 0) is 37.1 Å². The van der Waals surface area contributed by atoms with Crippen LogP contribution in [0.4, 0.5) is 0 Å². The summed E-state index contributed by atoms with van der Waals surface area (Å²) in [5.74, 6) is 0.793. The Morgan fingerprint density at radius 2 is 1.92 bits per heavy atom. The van der Waals surface area contributed by atoms with Crippen LogP contribution in [0.3, 0.4) is 0 Å². The first-order chi connectivity index (χ1) is 12.6. The molecule has 6 heteroatoms. The van der Waals surface area contributed by atoms with Crippen LogP contribution >= 0.6 is 11.8 Å². The van der Waals surface area contributed by atoms with Gasteiger partial charge in [0.05, 0.1) is 25.1 Å². The zero-order valence-electron chi connectivity index (χ0n) is 15.0. The van der Waals surface area contributed by atoms with Crippen molar-refractivity contribution in [3.8, 4) is 5.75 Å². The summed E-state index contributed by atoms with van der Waals surface area (Å²) < 4.78 is 5.31. The van der Waals surface area contributed by atoms with Crippen LogP contribution in [-0.2, 0) is 11.3 Å². The second-order valence-electron chi connectivity index (χ2n) is 5.98. The van der Waals surface area contributed by atoms with Gasteiger partial charge in [-0.25, -0.2) is 0 Å². The van der Waals surface area contributed by atoms with E-state index >= 15 is 0 Å². The van der Waals surface area contributed by atoms with Crippen LogP contribution in [0.2, 0.25) is 0 Å². The summed E-state index contributed by atoms with van der Waals surface area (Å²) in [5.41, 5.74) is 3.10. The van der Waals surface area contributed by atoms with Crippen molar-refractivity contribution in [2.24, 2.45) is 10.2 Å². The maximum Gasteiger partial charge on any atom is 0.242 e. The van der Waals surface area contributed by atoms with Crippen LogP contribution in [0.25, 0.3) is 0 Å². The first-order valence-corrected chi connectivity index (χ1v) is 9.24. The van der Waals surface area contributed by atoms with Gasteiger partial charge in [-0.1, -0.05) is 48.2 Å². The van der Waals surface area contributed by atoms with E-state index in [9.17, 15) is 4.79 Å². The molecule has 0 saturated carbocycles. The minimum absolute atomic E-state index is 0.0597. The number of carbonyl (C=O) groups excluding carboxylic acids is 1. The number of aryl methyl sites for hydroxylation is 1. The van der Waals surface area contributed by atoms with E-state index in [4.69, 9.17) is 4.74 Å². The summed E-state index contributed by atoms with van der Waals surface area (Å²) in [6.07, 6.45) is 1.64. The van der Waals surface area contributed by atoms with Crippen LogP contribution in [-0.4, -0.2) is 34.5 Å². The molecule has 1 saturated heterocycles. The summed E-state index contributed by atoms with van der Waals surface area (Å²) in [5, 5.41) is 8.95. The molecular formula is C20H21N3O2S. The highest BCUT2D eigenvalue weighted by Crippen LogP contribution is 2.29. The van der Waals surface area contributed by atoms with Gasteiger partial charge in [0.25, 0.3) is 0 Å². The molecule has 1 aliphatic heterocycles. The van der Waals surface area contributed by atoms with Gasteiger partial charge in [-0.3, -0.25) is 9.69 Å². The standard InChI is InChI=1S/C20H21N3O2S/c1-14-8-4-5-10-17(14)13-23-19(24)15(2)26-20(23)22-21-12-16-9-6-7-11-18(16)25-3/h4-12,15H,13H2,1-3H3. The SMILES string of the molecule is COc1ccccc1C=NN=C1SC(C)C(=O)N1Cc1ccccc1C. The molecule has 0 bridgehead atoms. The summed E-state index contributed by atoms with van der Waals surface area (Å²) in [6, 6.07) is 15.6. The van der Waals surface area contributed by atoms with Gasteiger partial charge in [0.2, 0.25) is 5.91 Å². The number of thioether (sulfide) groups is 1. The third kappa shape index (κ3) is 3.96. The number of para-hydroxylation sites is 1. The van der Waals surface area contributed by atoms with Crippen LogP contribution in [0.5, 0.6) is 5.75 Å². The number of amides is 1. The number of ether oxygens (including phenoxy) is 1. The Balaban J connectivity index is 1.82. The number of rotatable bonds is 5. The normalized spacial score (nSPS) is 18.9. The monoisotopic (exact) mass is 367 g/mol. The molecule has 1 amide bonds. The van der Waals surface area contributed by atoms with Gasteiger partial charge in [-0.2, -0.15) is 5.10 Å². The molecule has 0 N–H and O–H groups in total. The van der Waals surface area contributed by atoms with Gasteiger partial charge in [0.1, 0.15) is 5.75 Å². The van der Waals surface area contributed by atoms with Crippen molar-refractivity contribution in [3.63, 3.8) is 0 Å². The molecule has 26 heavy (non-hydrogen) atoms. The number of hydrogen-bond donors (Lipinski definition) is 0. The first-order valence-electron chi connectivity index (χ1n) is 8.36. The van der Waals surface area contributed by atoms with Gasteiger partial charge in [-0.15, -0.1) is 5.10 Å². The number of nitrogens with zero attached hydrogens (tertiary/aromatic N) is 3. The summed E-state index contributed by atoms with van der Waals surface area (Å²) in [4.78, 5) is 14.2. The molecule has 0 aromatic heterocycles. The van der Waals surface area contributed by atoms with E-state index in [0.29, 0.717) is 11.7 Å². The molecule has 134 valence electrons. The van der Waals surface area contributed by atoms with Crippen molar-refractivity contribution in [2.75, 3.05) is 7.11 Å². The van der Waals surface area contributed by atoms with Crippen LogP contribution in [0, 0.1) is 6.92 Å². The molecule has 1 unspecified atom stereocenters. The fraction of sp³-hybridized carbons (Fsp3) is 0.250. The lowest BCUT2D eigenvalue weighted by Crippen LogP contribution is -2.31. The lowest BCUT2D eigenvalue weighted by atomic mass is 10.1. The highest BCUT2D eigenvalue weighted by atomic mass is 32.2. The maximum atomic E-state index is 12.5. The molecular weight excluding hydrogens is 346 g/mol. The lowest BCUT2D eigenvalue weighted by Gasteiger charge is -2.16. The highest BCUT2D eigenvalue weighted by molar-refractivity contribution is 8.15. The zero-order chi connectivity index (χ0) is 18.5. The Labute approximate surface area is 157 Å². The van der Waals surface area contributed by atoms with Crippen molar-refractivity contribution < 1.29 is 9.53 Å². The predicted molar refractivity (Wildman–Crippen MR) is 107 cm³/mol. The minimum atomic E-state index is -0.153. The van der Waals surface area contributed by atoms with E-state index in [1.54, 1.807) is 18.2 Å². The molecule has 3 rings (SSSR count). The average molecular weight is 367 g/mol. The second-order valence-corrected chi connectivity index (χ2v) is 7.29. The third-order valence-electron chi connectivity index (χ3n) is 4.20. The Hall–Kier alpha value is -2.60. The summed E-state index contributed by atoms with van der Waals surface area (Å²) in [6.45, 7) is 4.44. The Kier molecular flexibility index (Phi) is 5.73. The molecule has 1 heterocycles. The zero-order valence-corrected chi connectivity index (χ0v) is 15.9. The van der Waals surface area contributed by atoms with E-state index in [1.165, 1.54) is 11.8 Å². The molecule has 1 atom stereocenters. The molecule has 0 aliphatic carbocycles. The van der Waals surface area contributed by atoms with Gasteiger partial charge >= 0.3 is 0 Å². The number of benzene rings is 2. The average Bonchev–Trinajstić information content (AvgIpc) is 2.91. The van der Waals surface area contributed by atoms with Crippen molar-refractivity contribution in [2.45, 2.75) is 25.6 Å². The van der Waals surface area contributed by atoms with Crippen LogP contribution in [0.15, 0.2) is 58.7 Å². The minimum Gasteiger partial charge on any atom is -0.496 e. The van der Waals surface area contributed by atoms with Gasteiger partial charge < -0.3 is 4.74 Å². The van der Waals surface area contributed by atoms with Crippen molar-refractivity contribution in [1.29, 1.82) is 0 Å². The fourth-order valence-corrected chi connectivity index (χ4v) is 3.60. The van der Waals surface area contributed by atoms with Crippen LogP contribution < -0.4 is 4.74 Å². The molecule has 1 fully saturated rings. The summed E-state index contributed by atoms with van der Waals surface area (Å²) >= 11 is 1.43. The van der Waals surface area contributed by atoms with E-state index in [0.717, 1.165) is 22.4 Å². The lowest BCUT2D eigenvalue weighted by molar-refractivity contribution is -0.126. The second kappa shape index (κ2) is 8.19. The third-order valence-corrected chi connectivity index (χ3v) is 5.26. The van der Waals surface area contributed by atoms with Crippen molar-refractivity contribution in [1.82, 2.24) is 4.90 Å². The largest absolute Gasteiger partial charge is 0.496 e. The van der Waals surface area contributed by atoms with Gasteiger partial charge in [0.15, 0.2) is 5.17 Å². The van der Waals surface area contributed by atoms with Crippen molar-refractivity contribution >= 4 is 29.1 Å². The number of carbonyl (C=O) groups is 1. The Bertz CT molecular complexity index is 864. The molecule has 0 spiro atoms. The van der Waals surface area contributed by atoms with E-state index in [-0.39, 0.29) is 11.2 Å². The first kappa shape index (κ1) is 18.2. The fourth-order valence-electron chi connectivity index (χ4n) is 2.68. The van der Waals surface area contributed by atoms with Crippen molar-refractivity contribution in [3.05, 3.63) is 65.2 Å². The topological polar surface area (TPSA) is 54.3 Å². The Morgan fingerprint density at radius 1 is 1.19 bits per heavy atom. The molecule has 2 aromatic carbocycles. The number of methoxy groups -OCH3 is 1. The Morgan fingerprint density at radius 3 is 2.69 bits per heavy atom. The van der Waals surface area contributed by atoms with E-state index in [1.807, 2.05) is 62.4 Å². The molecule has 1 aliphatic rings. The smallest absolute Gasteiger partial charge is 0.242 e. The van der Waals surface area contributed by atoms with E-state index in [2.05, 4.69) is 10.2 Å². The molecule has 0 radical (unpaired) electrons. The van der Waals surface area contributed by atoms with Crippen LogP contribution in [0.1, 0.15) is 23.6 Å². The predicted octanol–water partition coefficient (Wildman–Crippen LogP) is 3.86. The number of hydrogen-bond acceptors (Lipinski definition) is 5. The summed E-state index contributed by atoms with van der Waals surface area (Å²) in [7, 11) is 1.62. The van der Waals surface area contributed by atoms with E-state index < -0.39 is 0 Å². The van der Waals surface area contributed by atoms with Gasteiger partial charge in [0, 0.05) is 5.56 Å². The highest BCUT2D eigenvalue weighted by Gasteiger charge is 2.35. The number of amidine groups is 1. The quantitative estimate of drug-likeness (QED) is 0.596. The maximum absolute atomic E-state index is 12.5. The molecule has 5 nitrogen and oxygen atoms in total.